The lowest BCUT2D eigenvalue weighted by Gasteiger charge is -2.19. The molecule has 7 heteroatoms. The Bertz CT molecular complexity index is 845. The van der Waals surface area contributed by atoms with Gasteiger partial charge in [0, 0.05) is 18.2 Å². The average Bonchev–Trinajstić information content (AvgIpc) is 3.37. The number of aromatic nitrogens is 2. The molecule has 150 valence electrons. The molecule has 0 spiro atoms. The van der Waals surface area contributed by atoms with Gasteiger partial charge >= 0.3 is 0 Å². The first-order valence-electron chi connectivity index (χ1n) is 10.1. The summed E-state index contributed by atoms with van der Waals surface area (Å²) < 4.78 is 13.5. The van der Waals surface area contributed by atoms with Crippen LogP contribution >= 0.6 is 11.8 Å². The van der Waals surface area contributed by atoms with Crippen molar-refractivity contribution >= 4 is 17.7 Å². The van der Waals surface area contributed by atoms with Gasteiger partial charge in [0.05, 0.1) is 17.1 Å². The van der Waals surface area contributed by atoms with Crippen LogP contribution in [0.25, 0.3) is 11.3 Å². The molecule has 6 nitrogen and oxygen atoms in total. The maximum absolute atomic E-state index is 12.5. The summed E-state index contributed by atoms with van der Waals surface area (Å²) in [6.07, 6.45) is 6.50. The summed E-state index contributed by atoms with van der Waals surface area (Å²) in [5.74, 6) is 1.65. The number of thioether (sulfide) groups is 1. The molecular formula is C21H27N3O3S. The molecule has 2 heterocycles. The van der Waals surface area contributed by atoms with E-state index in [1.165, 1.54) is 24.6 Å². The van der Waals surface area contributed by atoms with Crippen LogP contribution in [0.1, 0.15) is 39.5 Å². The Labute approximate surface area is 170 Å². The lowest BCUT2D eigenvalue weighted by atomic mass is 10.1. The molecule has 1 aromatic carbocycles. The van der Waals surface area contributed by atoms with Crippen molar-refractivity contribution in [3.63, 3.8) is 0 Å². The zero-order valence-electron chi connectivity index (χ0n) is 16.4. The molecule has 1 aromatic heterocycles. The van der Waals surface area contributed by atoms with E-state index in [9.17, 15) is 4.79 Å². The van der Waals surface area contributed by atoms with Gasteiger partial charge in [0.15, 0.2) is 16.7 Å². The standard InChI is InChI=1S/C21H27N3O3S/c1-3-24-17(15-8-9-18-19(12-15)27-11-10-26-18)13-22-21(24)28-14(2)20(25)23-16-6-4-5-7-16/h8-9,12-14,16H,3-7,10-11H2,1-2H3,(H,23,25). The number of fused-ring (bicyclic) bond motifs is 1. The number of amides is 1. The second-order valence-corrected chi connectivity index (χ2v) is 8.59. The van der Waals surface area contributed by atoms with E-state index in [2.05, 4.69) is 21.8 Å². The van der Waals surface area contributed by atoms with Crippen molar-refractivity contribution in [3.05, 3.63) is 24.4 Å². The lowest BCUT2D eigenvalue weighted by molar-refractivity contribution is -0.120. The zero-order valence-corrected chi connectivity index (χ0v) is 17.3. The number of hydrogen-bond donors (Lipinski definition) is 1. The van der Waals surface area contributed by atoms with E-state index < -0.39 is 0 Å². The van der Waals surface area contributed by atoms with Gasteiger partial charge in [-0.1, -0.05) is 24.6 Å². The van der Waals surface area contributed by atoms with Crippen LogP contribution < -0.4 is 14.8 Å². The fourth-order valence-corrected chi connectivity index (χ4v) is 4.75. The van der Waals surface area contributed by atoms with Crippen molar-refractivity contribution in [1.82, 2.24) is 14.9 Å². The second kappa shape index (κ2) is 8.47. The topological polar surface area (TPSA) is 65.4 Å². The van der Waals surface area contributed by atoms with E-state index in [-0.39, 0.29) is 11.2 Å². The van der Waals surface area contributed by atoms with Crippen molar-refractivity contribution in [2.45, 2.75) is 62.5 Å². The Morgan fingerprint density at radius 3 is 2.79 bits per heavy atom. The van der Waals surface area contributed by atoms with Crippen LogP contribution in [0, 0.1) is 0 Å². The molecule has 0 radical (unpaired) electrons. The van der Waals surface area contributed by atoms with Gasteiger partial charge in [0.2, 0.25) is 5.91 Å². The molecule has 1 atom stereocenters. The molecular weight excluding hydrogens is 374 g/mol. The van der Waals surface area contributed by atoms with Gasteiger partial charge < -0.3 is 19.4 Å². The Morgan fingerprint density at radius 2 is 2.04 bits per heavy atom. The highest BCUT2D eigenvalue weighted by molar-refractivity contribution is 8.00. The number of rotatable bonds is 6. The second-order valence-electron chi connectivity index (χ2n) is 7.28. The molecule has 2 aromatic rings. The van der Waals surface area contributed by atoms with Crippen LogP contribution in [-0.4, -0.2) is 40.0 Å². The molecule has 4 rings (SSSR count). The molecule has 2 aliphatic rings. The van der Waals surface area contributed by atoms with Gasteiger partial charge in [-0.2, -0.15) is 0 Å². The molecule has 1 aliphatic heterocycles. The largest absolute Gasteiger partial charge is 0.486 e. The normalized spacial score (nSPS) is 17.5. The van der Waals surface area contributed by atoms with E-state index in [0.717, 1.165) is 47.3 Å². The van der Waals surface area contributed by atoms with Gasteiger partial charge in [0.25, 0.3) is 0 Å². The number of ether oxygens (including phenoxy) is 2. The smallest absolute Gasteiger partial charge is 0.233 e. The molecule has 0 bridgehead atoms. The van der Waals surface area contributed by atoms with Gasteiger partial charge in [-0.15, -0.1) is 0 Å². The molecule has 1 aliphatic carbocycles. The van der Waals surface area contributed by atoms with Crippen LogP contribution in [0.3, 0.4) is 0 Å². The molecule has 1 N–H and O–H groups in total. The number of hydrogen-bond acceptors (Lipinski definition) is 5. The quantitative estimate of drug-likeness (QED) is 0.744. The summed E-state index contributed by atoms with van der Waals surface area (Å²) in [6.45, 7) is 5.98. The average molecular weight is 402 g/mol. The number of carbonyl (C=O) groups is 1. The summed E-state index contributed by atoms with van der Waals surface area (Å²) in [5, 5.41) is 3.86. The predicted octanol–water partition coefficient (Wildman–Crippen LogP) is 3.88. The minimum atomic E-state index is -0.179. The van der Waals surface area contributed by atoms with E-state index in [1.54, 1.807) is 0 Å². The Hall–Kier alpha value is -2.15. The van der Waals surface area contributed by atoms with Crippen LogP contribution in [0.2, 0.25) is 0 Å². The van der Waals surface area contributed by atoms with Gasteiger partial charge in [-0.05, 0) is 44.9 Å². The first kappa shape index (κ1) is 19.2. The van der Waals surface area contributed by atoms with Crippen LogP contribution in [-0.2, 0) is 11.3 Å². The van der Waals surface area contributed by atoms with Crippen LogP contribution in [0.5, 0.6) is 11.5 Å². The zero-order chi connectivity index (χ0) is 19.5. The SMILES string of the molecule is CCn1c(-c2ccc3c(c2)OCCO3)cnc1SC(C)C(=O)NC1CCCC1. The monoisotopic (exact) mass is 401 g/mol. The first-order chi connectivity index (χ1) is 13.7. The maximum Gasteiger partial charge on any atom is 0.233 e. The lowest BCUT2D eigenvalue weighted by Crippen LogP contribution is -2.37. The molecule has 28 heavy (non-hydrogen) atoms. The molecule has 1 amide bonds. The number of benzene rings is 1. The predicted molar refractivity (Wildman–Crippen MR) is 110 cm³/mol. The molecule has 1 saturated carbocycles. The van der Waals surface area contributed by atoms with Crippen molar-refractivity contribution < 1.29 is 14.3 Å². The minimum Gasteiger partial charge on any atom is -0.486 e. The first-order valence-corrected chi connectivity index (χ1v) is 11.0. The minimum absolute atomic E-state index is 0.100. The Morgan fingerprint density at radius 1 is 1.29 bits per heavy atom. The molecule has 1 fully saturated rings. The van der Waals surface area contributed by atoms with Crippen LogP contribution in [0.4, 0.5) is 0 Å². The third-order valence-corrected chi connectivity index (χ3v) is 6.43. The highest BCUT2D eigenvalue weighted by Crippen LogP contribution is 2.36. The molecule has 0 saturated heterocycles. The third-order valence-electron chi connectivity index (χ3n) is 5.33. The number of nitrogens with one attached hydrogen (secondary N) is 1. The van der Waals surface area contributed by atoms with Gasteiger partial charge in [0.1, 0.15) is 13.2 Å². The summed E-state index contributed by atoms with van der Waals surface area (Å²) in [4.78, 5) is 17.1. The number of imidazole rings is 1. The summed E-state index contributed by atoms with van der Waals surface area (Å²) >= 11 is 1.51. The van der Waals surface area contributed by atoms with Crippen molar-refractivity contribution in [2.75, 3.05) is 13.2 Å². The highest BCUT2D eigenvalue weighted by atomic mass is 32.2. The Kier molecular flexibility index (Phi) is 5.80. The number of carbonyl (C=O) groups excluding carboxylic acids is 1. The Balaban J connectivity index is 1.50. The fraction of sp³-hybridized carbons (Fsp3) is 0.524. The number of nitrogens with zero attached hydrogens (tertiary/aromatic N) is 2. The van der Waals surface area contributed by atoms with Crippen molar-refractivity contribution in [1.29, 1.82) is 0 Å². The van der Waals surface area contributed by atoms with E-state index in [1.807, 2.05) is 31.3 Å². The van der Waals surface area contributed by atoms with E-state index in [4.69, 9.17) is 9.47 Å². The molecule has 1 unspecified atom stereocenters. The third kappa shape index (κ3) is 3.99. The van der Waals surface area contributed by atoms with E-state index >= 15 is 0 Å². The maximum atomic E-state index is 12.5. The van der Waals surface area contributed by atoms with E-state index in [0.29, 0.717) is 19.3 Å². The van der Waals surface area contributed by atoms with Crippen molar-refractivity contribution in [2.24, 2.45) is 0 Å². The van der Waals surface area contributed by atoms with Gasteiger partial charge in [-0.25, -0.2) is 4.98 Å². The van der Waals surface area contributed by atoms with Gasteiger partial charge in [-0.3, -0.25) is 4.79 Å². The summed E-state index contributed by atoms with van der Waals surface area (Å²) in [5.41, 5.74) is 2.05. The van der Waals surface area contributed by atoms with Crippen LogP contribution in [0.15, 0.2) is 29.6 Å². The fourth-order valence-electron chi connectivity index (χ4n) is 3.79. The summed E-state index contributed by atoms with van der Waals surface area (Å²) in [6, 6.07) is 6.32. The summed E-state index contributed by atoms with van der Waals surface area (Å²) in [7, 11) is 0. The highest BCUT2D eigenvalue weighted by Gasteiger charge is 2.23. The van der Waals surface area contributed by atoms with Crippen molar-refractivity contribution in [3.8, 4) is 22.8 Å².